The second kappa shape index (κ2) is 17.5. The number of hydrogen-bond acceptors (Lipinski definition) is 4. The van der Waals surface area contributed by atoms with Crippen LogP contribution in [0.1, 0.15) is 109 Å². The number of ether oxygens (including phenoxy) is 1. The number of rotatable bonds is 19. The van der Waals surface area contributed by atoms with Gasteiger partial charge in [0.1, 0.15) is 11.7 Å². The molecule has 0 aromatic heterocycles. The van der Waals surface area contributed by atoms with Gasteiger partial charge in [0.05, 0.1) is 6.61 Å². The molecule has 190 valence electrons. The Labute approximate surface area is 204 Å². The number of hydrogen-bond donors (Lipinski definition) is 3. The summed E-state index contributed by atoms with van der Waals surface area (Å²) in [6.07, 6.45) is 19.0. The maximum Gasteiger partial charge on any atom is 0.132 e. The SMILES string of the molecule is CCCCCCCCCCCCCCCCNC(C)C(O)(c1ccccc1)C1CNCCO1. The normalized spacial score (nSPS) is 19.3. The summed E-state index contributed by atoms with van der Waals surface area (Å²) in [5.74, 6) is 0. The topological polar surface area (TPSA) is 53.5 Å². The Hall–Kier alpha value is -0.940. The average Bonchev–Trinajstić information content (AvgIpc) is 2.86. The molecule has 1 aliphatic heterocycles. The lowest BCUT2D eigenvalue weighted by Gasteiger charge is -2.43. The second-order valence-electron chi connectivity index (χ2n) is 10.0. The van der Waals surface area contributed by atoms with E-state index < -0.39 is 5.60 Å². The molecule has 3 N–H and O–H groups in total. The fourth-order valence-electron chi connectivity index (χ4n) is 5.06. The molecule has 1 fully saturated rings. The fraction of sp³-hybridized carbons (Fsp3) is 0.793. The summed E-state index contributed by atoms with van der Waals surface area (Å²) in [4.78, 5) is 0. The maximum atomic E-state index is 11.8. The number of morpholine rings is 1. The van der Waals surface area contributed by atoms with Crippen molar-refractivity contribution in [2.75, 3.05) is 26.2 Å². The zero-order chi connectivity index (χ0) is 23.6. The van der Waals surface area contributed by atoms with Crippen LogP contribution in [0.4, 0.5) is 0 Å². The molecule has 0 aliphatic carbocycles. The Kier molecular flexibility index (Phi) is 15.0. The third kappa shape index (κ3) is 10.5. The largest absolute Gasteiger partial charge is 0.381 e. The van der Waals surface area contributed by atoms with E-state index in [1.54, 1.807) is 0 Å². The molecule has 0 saturated carbocycles. The summed E-state index contributed by atoms with van der Waals surface area (Å²) < 4.78 is 5.99. The predicted octanol–water partition coefficient (Wildman–Crippen LogP) is 6.32. The molecule has 1 aromatic rings. The molecule has 0 bridgehead atoms. The standard InChI is InChI=1S/C29H52N2O2/c1-3-4-5-6-7-8-9-10-11-12-13-14-15-19-22-31-26(2)29(32,27-20-17-16-18-21-27)28-25-30-23-24-33-28/h16-18,20-21,26,28,30-32H,3-15,19,22-25H2,1-2H3. The molecule has 33 heavy (non-hydrogen) atoms. The lowest BCUT2D eigenvalue weighted by atomic mass is 9.81. The van der Waals surface area contributed by atoms with Crippen LogP contribution in [-0.2, 0) is 10.3 Å². The van der Waals surface area contributed by atoms with E-state index in [1.165, 1.54) is 83.5 Å². The van der Waals surface area contributed by atoms with E-state index in [1.807, 2.05) is 30.3 Å². The van der Waals surface area contributed by atoms with Crippen molar-refractivity contribution in [1.29, 1.82) is 0 Å². The number of nitrogens with one attached hydrogen (secondary N) is 2. The molecule has 3 unspecified atom stereocenters. The molecule has 1 saturated heterocycles. The van der Waals surface area contributed by atoms with Crippen molar-refractivity contribution in [3.63, 3.8) is 0 Å². The van der Waals surface area contributed by atoms with Crippen LogP contribution in [-0.4, -0.2) is 43.5 Å². The molecule has 1 aromatic carbocycles. The molecular weight excluding hydrogens is 408 g/mol. The average molecular weight is 461 g/mol. The lowest BCUT2D eigenvalue weighted by molar-refractivity contribution is -0.139. The van der Waals surface area contributed by atoms with Crippen LogP contribution in [0.25, 0.3) is 0 Å². The first-order valence-corrected chi connectivity index (χ1v) is 14.0. The quantitative estimate of drug-likeness (QED) is 0.211. The molecular formula is C29H52N2O2. The van der Waals surface area contributed by atoms with E-state index in [9.17, 15) is 5.11 Å². The zero-order valence-electron chi connectivity index (χ0n) is 21.6. The summed E-state index contributed by atoms with van der Waals surface area (Å²) in [6, 6.07) is 9.95. The van der Waals surface area contributed by atoms with Crippen LogP contribution in [0, 0.1) is 0 Å². The molecule has 2 rings (SSSR count). The van der Waals surface area contributed by atoms with Crippen LogP contribution >= 0.6 is 0 Å². The zero-order valence-corrected chi connectivity index (χ0v) is 21.6. The van der Waals surface area contributed by atoms with Crippen molar-refractivity contribution in [2.24, 2.45) is 0 Å². The monoisotopic (exact) mass is 460 g/mol. The van der Waals surface area contributed by atoms with Gasteiger partial charge in [0.15, 0.2) is 0 Å². The van der Waals surface area contributed by atoms with Gasteiger partial charge >= 0.3 is 0 Å². The van der Waals surface area contributed by atoms with Crippen LogP contribution in [0.3, 0.4) is 0 Å². The first-order valence-electron chi connectivity index (χ1n) is 14.0. The van der Waals surface area contributed by atoms with Gasteiger partial charge in [-0.1, -0.05) is 121 Å². The number of aliphatic hydroxyl groups is 1. The number of benzene rings is 1. The minimum absolute atomic E-state index is 0.0771. The Morgan fingerprint density at radius 1 is 0.909 bits per heavy atom. The maximum absolute atomic E-state index is 11.8. The highest BCUT2D eigenvalue weighted by molar-refractivity contribution is 5.26. The highest BCUT2D eigenvalue weighted by Gasteiger charge is 2.44. The van der Waals surface area contributed by atoms with Gasteiger partial charge in [-0.25, -0.2) is 0 Å². The van der Waals surface area contributed by atoms with E-state index in [0.29, 0.717) is 13.2 Å². The van der Waals surface area contributed by atoms with Crippen molar-refractivity contribution in [3.05, 3.63) is 35.9 Å². The van der Waals surface area contributed by atoms with Gasteiger partial charge in [0.25, 0.3) is 0 Å². The highest BCUT2D eigenvalue weighted by atomic mass is 16.5. The van der Waals surface area contributed by atoms with Crippen molar-refractivity contribution in [2.45, 2.75) is 121 Å². The summed E-state index contributed by atoms with van der Waals surface area (Å²) in [5, 5.41) is 18.7. The van der Waals surface area contributed by atoms with Crippen LogP contribution in [0.2, 0.25) is 0 Å². The summed E-state index contributed by atoms with van der Waals surface area (Å²) >= 11 is 0. The van der Waals surface area contributed by atoms with Gasteiger partial charge in [-0.15, -0.1) is 0 Å². The van der Waals surface area contributed by atoms with E-state index in [2.05, 4.69) is 24.5 Å². The van der Waals surface area contributed by atoms with E-state index in [0.717, 1.165) is 25.1 Å². The highest BCUT2D eigenvalue weighted by Crippen LogP contribution is 2.31. The molecule has 1 aliphatic rings. The van der Waals surface area contributed by atoms with Crippen molar-refractivity contribution in [1.82, 2.24) is 10.6 Å². The van der Waals surface area contributed by atoms with Gasteiger partial charge in [-0.3, -0.25) is 0 Å². The Morgan fingerprint density at radius 2 is 1.45 bits per heavy atom. The molecule has 0 amide bonds. The summed E-state index contributed by atoms with van der Waals surface area (Å²) in [7, 11) is 0. The molecule has 4 nitrogen and oxygen atoms in total. The van der Waals surface area contributed by atoms with Crippen molar-refractivity contribution in [3.8, 4) is 0 Å². The predicted molar refractivity (Wildman–Crippen MR) is 141 cm³/mol. The molecule has 1 heterocycles. The fourth-order valence-corrected chi connectivity index (χ4v) is 5.06. The van der Waals surface area contributed by atoms with Gasteiger partial charge in [0.2, 0.25) is 0 Å². The first-order chi connectivity index (χ1) is 16.2. The Balaban J connectivity index is 1.56. The van der Waals surface area contributed by atoms with E-state index >= 15 is 0 Å². The minimum Gasteiger partial charge on any atom is -0.381 e. The Morgan fingerprint density at radius 3 is 1.97 bits per heavy atom. The second-order valence-corrected chi connectivity index (χ2v) is 10.0. The van der Waals surface area contributed by atoms with Crippen molar-refractivity contribution >= 4 is 0 Å². The minimum atomic E-state index is -1.04. The summed E-state index contributed by atoms with van der Waals surface area (Å²) in [6.45, 7) is 7.49. The molecule has 0 radical (unpaired) electrons. The van der Waals surface area contributed by atoms with E-state index in [-0.39, 0.29) is 12.1 Å². The Bertz CT molecular complexity index is 576. The van der Waals surface area contributed by atoms with E-state index in [4.69, 9.17) is 4.74 Å². The summed E-state index contributed by atoms with van der Waals surface area (Å²) in [5.41, 5.74) is -0.107. The van der Waals surface area contributed by atoms with Crippen molar-refractivity contribution < 1.29 is 9.84 Å². The first kappa shape index (κ1) is 28.3. The number of unbranched alkanes of at least 4 members (excludes halogenated alkanes) is 13. The third-order valence-electron chi connectivity index (χ3n) is 7.30. The van der Waals surface area contributed by atoms with Gasteiger partial charge in [0, 0.05) is 19.1 Å². The van der Waals surface area contributed by atoms with Crippen LogP contribution in [0.15, 0.2) is 30.3 Å². The van der Waals surface area contributed by atoms with Gasteiger partial charge in [-0.05, 0) is 25.5 Å². The molecule has 0 spiro atoms. The van der Waals surface area contributed by atoms with Crippen LogP contribution in [0.5, 0.6) is 0 Å². The van der Waals surface area contributed by atoms with Gasteiger partial charge < -0.3 is 20.5 Å². The molecule has 3 atom stereocenters. The molecule has 4 heteroatoms. The van der Waals surface area contributed by atoms with Crippen LogP contribution < -0.4 is 10.6 Å². The van der Waals surface area contributed by atoms with Gasteiger partial charge in [-0.2, -0.15) is 0 Å². The third-order valence-corrected chi connectivity index (χ3v) is 7.30. The smallest absolute Gasteiger partial charge is 0.132 e. The lowest BCUT2D eigenvalue weighted by Crippen LogP contribution is -2.60.